The van der Waals surface area contributed by atoms with Crippen LogP contribution < -0.4 is 15.8 Å². The third kappa shape index (κ3) is 5.42. The van der Waals surface area contributed by atoms with Crippen LogP contribution in [0.5, 0.6) is 5.75 Å². The molecule has 122 valence electrons. The number of carbonyl (C=O) groups excluding carboxylic acids is 1. The highest BCUT2D eigenvalue weighted by Crippen LogP contribution is 2.14. The molecule has 4 nitrogen and oxygen atoms in total. The van der Waals surface area contributed by atoms with Crippen molar-refractivity contribution in [3.05, 3.63) is 65.2 Å². The van der Waals surface area contributed by atoms with Gasteiger partial charge in [0.25, 0.3) is 5.91 Å². The highest BCUT2D eigenvalue weighted by Gasteiger charge is 2.06. The Morgan fingerprint density at radius 2 is 1.87 bits per heavy atom. The summed E-state index contributed by atoms with van der Waals surface area (Å²) in [7, 11) is 0. The maximum atomic E-state index is 12.1. The first-order valence-electron chi connectivity index (χ1n) is 7.87. The minimum atomic E-state index is -0.0953. The van der Waals surface area contributed by atoms with Gasteiger partial charge < -0.3 is 15.8 Å². The Morgan fingerprint density at radius 1 is 1.13 bits per heavy atom. The summed E-state index contributed by atoms with van der Waals surface area (Å²) in [4.78, 5) is 12.1. The van der Waals surface area contributed by atoms with Gasteiger partial charge >= 0.3 is 0 Å². The molecular formula is C19H24N2O2. The second-order valence-corrected chi connectivity index (χ2v) is 5.94. The summed E-state index contributed by atoms with van der Waals surface area (Å²) in [6.07, 6.45) is 0. The average molecular weight is 312 g/mol. The minimum Gasteiger partial charge on any atom is -0.493 e. The molecule has 0 saturated heterocycles. The van der Waals surface area contributed by atoms with Crippen LogP contribution in [0.25, 0.3) is 0 Å². The van der Waals surface area contributed by atoms with E-state index in [1.165, 1.54) is 0 Å². The smallest absolute Gasteiger partial charge is 0.251 e. The van der Waals surface area contributed by atoms with E-state index in [1.807, 2.05) is 36.4 Å². The lowest BCUT2D eigenvalue weighted by atomic mass is 10.1. The lowest BCUT2D eigenvalue weighted by Crippen LogP contribution is -2.22. The third-order valence-electron chi connectivity index (χ3n) is 3.39. The molecule has 2 aromatic rings. The van der Waals surface area contributed by atoms with Crippen molar-refractivity contribution in [1.29, 1.82) is 0 Å². The van der Waals surface area contributed by atoms with Crippen LogP contribution in [0.3, 0.4) is 0 Å². The zero-order valence-corrected chi connectivity index (χ0v) is 13.7. The molecule has 0 aliphatic heterocycles. The maximum absolute atomic E-state index is 12.1. The molecule has 0 bridgehead atoms. The summed E-state index contributed by atoms with van der Waals surface area (Å²) < 4.78 is 5.70. The molecule has 1 amide bonds. The van der Waals surface area contributed by atoms with Crippen molar-refractivity contribution in [3.8, 4) is 5.75 Å². The van der Waals surface area contributed by atoms with Crippen LogP contribution in [0.2, 0.25) is 0 Å². The second-order valence-electron chi connectivity index (χ2n) is 5.94. The van der Waals surface area contributed by atoms with Crippen molar-refractivity contribution in [2.45, 2.75) is 26.9 Å². The number of amides is 1. The first-order valence-corrected chi connectivity index (χ1v) is 7.87. The van der Waals surface area contributed by atoms with E-state index in [0.29, 0.717) is 31.2 Å². The van der Waals surface area contributed by atoms with Gasteiger partial charge in [-0.15, -0.1) is 0 Å². The fourth-order valence-electron chi connectivity index (χ4n) is 2.08. The number of carbonyl (C=O) groups is 1. The van der Waals surface area contributed by atoms with Gasteiger partial charge in [-0.3, -0.25) is 4.79 Å². The number of nitrogens with one attached hydrogen (secondary N) is 1. The number of ether oxygens (including phenoxy) is 1. The Bertz CT molecular complexity index is 636. The average Bonchev–Trinajstić information content (AvgIpc) is 2.58. The zero-order valence-electron chi connectivity index (χ0n) is 13.7. The van der Waals surface area contributed by atoms with E-state index in [9.17, 15) is 4.79 Å². The summed E-state index contributed by atoms with van der Waals surface area (Å²) in [6.45, 7) is 5.85. The Labute approximate surface area is 137 Å². The Balaban J connectivity index is 1.91. The largest absolute Gasteiger partial charge is 0.493 e. The van der Waals surface area contributed by atoms with Gasteiger partial charge in [0.2, 0.25) is 0 Å². The molecule has 0 aliphatic rings. The Hall–Kier alpha value is -2.33. The summed E-state index contributed by atoms with van der Waals surface area (Å²) in [6, 6.07) is 15.1. The predicted octanol–water partition coefficient (Wildman–Crippen LogP) is 3.11. The summed E-state index contributed by atoms with van der Waals surface area (Å²) in [5.41, 5.74) is 8.21. The van der Waals surface area contributed by atoms with E-state index < -0.39 is 0 Å². The molecule has 0 radical (unpaired) electrons. The molecule has 4 heteroatoms. The van der Waals surface area contributed by atoms with Crippen molar-refractivity contribution >= 4 is 5.91 Å². The van der Waals surface area contributed by atoms with Crippen LogP contribution in [-0.4, -0.2) is 12.5 Å². The molecule has 0 aromatic heterocycles. The fraction of sp³-hybridized carbons (Fsp3) is 0.316. The van der Waals surface area contributed by atoms with Crippen LogP contribution in [0.1, 0.15) is 35.3 Å². The van der Waals surface area contributed by atoms with Crippen LogP contribution in [0, 0.1) is 5.92 Å². The Morgan fingerprint density at radius 3 is 2.52 bits per heavy atom. The van der Waals surface area contributed by atoms with Gasteiger partial charge in [-0.1, -0.05) is 38.1 Å². The van der Waals surface area contributed by atoms with Crippen molar-refractivity contribution in [2.75, 3.05) is 6.61 Å². The van der Waals surface area contributed by atoms with Crippen molar-refractivity contribution in [2.24, 2.45) is 11.7 Å². The normalized spacial score (nSPS) is 10.6. The van der Waals surface area contributed by atoms with Gasteiger partial charge in [0.05, 0.1) is 6.61 Å². The topological polar surface area (TPSA) is 64.3 Å². The zero-order chi connectivity index (χ0) is 16.7. The summed E-state index contributed by atoms with van der Waals surface area (Å²) in [5, 5.41) is 2.92. The van der Waals surface area contributed by atoms with Crippen LogP contribution >= 0.6 is 0 Å². The molecule has 0 saturated carbocycles. The third-order valence-corrected chi connectivity index (χ3v) is 3.39. The first-order chi connectivity index (χ1) is 11.1. The van der Waals surface area contributed by atoms with E-state index >= 15 is 0 Å². The van der Waals surface area contributed by atoms with Crippen LogP contribution in [-0.2, 0) is 13.1 Å². The second kappa shape index (κ2) is 8.34. The Kier molecular flexibility index (Phi) is 6.18. The van der Waals surface area contributed by atoms with Crippen molar-refractivity contribution in [3.63, 3.8) is 0 Å². The molecule has 0 atom stereocenters. The van der Waals surface area contributed by atoms with Crippen molar-refractivity contribution in [1.82, 2.24) is 5.32 Å². The number of hydrogen-bond acceptors (Lipinski definition) is 3. The van der Waals surface area contributed by atoms with E-state index in [4.69, 9.17) is 10.5 Å². The predicted molar refractivity (Wildman–Crippen MR) is 92.3 cm³/mol. The maximum Gasteiger partial charge on any atom is 0.251 e. The van der Waals surface area contributed by atoms with Crippen LogP contribution in [0.15, 0.2) is 48.5 Å². The quantitative estimate of drug-likeness (QED) is 0.825. The van der Waals surface area contributed by atoms with Gasteiger partial charge in [0.15, 0.2) is 0 Å². The van der Waals surface area contributed by atoms with E-state index in [2.05, 4.69) is 19.2 Å². The molecule has 0 aliphatic carbocycles. The summed E-state index contributed by atoms with van der Waals surface area (Å²) in [5.74, 6) is 1.22. The fourth-order valence-corrected chi connectivity index (χ4v) is 2.08. The molecule has 0 fully saturated rings. The first kappa shape index (κ1) is 17.0. The molecule has 0 unspecified atom stereocenters. The minimum absolute atomic E-state index is 0.0953. The molecule has 0 spiro atoms. The molecular weight excluding hydrogens is 288 g/mol. The van der Waals surface area contributed by atoms with E-state index in [1.54, 1.807) is 12.1 Å². The van der Waals surface area contributed by atoms with E-state index in [0.717, 1.165) is 16.9 Å². The van der Waals surface area contributed by atoms with Crippen LogP contribution in [0.4, 0.5) is 0 Å². The van der Waals surface area contributed by atoms with Gasteiger partial charge in [-0.2, -0.15) is 0 Å². The van der Waals surface area contributed by atoms with E-state index in [-0.39, 0.29) is 5.91 Å². The molecule has 2 aromatic carbocycles. The lowest BCUT2D eigenvalue weighted by molar-refractivity contribution is 0.0951. The SMILES string of the molecule is CC(C)COc1cccc(CNC(=O)c2ccc(CN)cc2)c1. The van der Waals surface area contributed by atoms with Gasteiger partial charge in [0.1, 0.15) is 5.75 Å². The highest BCUT2D eigenvalue weighted by molar-refractivity contribution is 5.94. The monoisotopic (exact) mass is 312 g/mol. The van der Waals surface area contributed by atoms with Gasteiger partial charge in [0, 0.05) is 18.7 Å². The lowest BCUT2D eigenvalue weighted by Gasteiger charge is -2.10. The molecule has 3 N–H and O–H groups in total. The number of benzene rings is 2. The summed E-state index contributed by atoms with van der Waals surface area (Å²) >= 11 is 0. The van der Waals surface area contributed by atoms with Gasteiger partial charge in [-0.05, 0) is 41.3 Å². The van der Waals surface area contributed by atoms with Crippen molar-refractivity contribution < 1.29 is 9.53 Å². The highest BCUT2D eigenvalue weighted by atomic mass is 16.5. The number of rotatable bonds is 7. The number of nitrogens with two attached hydrogens (primary N) is 1. The molecule has 0 heterocycles. The molecule has 23 heavy (non-hydrogen) atoms. The van der Waals surface area contributed by atoms with Gasteiger partial charge in [-0.25, -0.2) is 0 Å². The standard InChI is InChI=1S/C19H24N2O2/c1-14(2)13-23-18-5-3-4-16(10-18)12-21-19(22)17-8-6-15(11-20)7-9-17/h3-10,14H,11-13,20H2,1-2H3,(H,21,22). The number of hydrogen-bond donors (Lipinski definition) is 2. The molecule has 2 rings (SSSR count).